The maximum Gasteiger partial charge on any atom is 0.191 e. The number of ether oxygens (including phenoxy) is 1. The molecule has 0 aromatic heterocycles. The molecule has 28 heavy (non-hydrogen) atoms. The van der Waals surface area contributed by atoms with E-state index >= 15 is 0 Å². The number of benzene rings is 1. The van der Waals surface area contributed by atoms with Gasteiger partial charge in [0.1, 0.15) is 5.75 Å². The number of guanidine groups is 1. The summed E-state index contributed by atoms with van der Waals surface area (Å²) < 4.78 is 5.24. The third-order valence-electron chi connectivity index (χ3n) is 5.93. The first-order chi connectivity index (χ1) is 13.1. The number of nitrogens with one attached hydrogen (secondary N) is 2. The molecule has 3 unspecified atom stereocenters. The van der Waals surface area contributed by atoms with E-state index in [-0.39, 0.29) is 24.0 Å². The quantitative estimate of drug-likeness (QED) is 0.317. The van der Waals surface area contributed by atoms with E-state index in [1.165, 1.54) is 19.3 Å². The molecule has 3 rings (SSSR count). The highest BCUT2D eigenvalue weighted by Gasteiger charge is 2.36. The molecule has 158 valence electrons. The SMILES string of the molecule is CCNC(=NCC(O)c1cccc(OC)c1)NC1CC2CCCC(C1)N2C.I. The Hall–Kier alpha value is -1.06. The van der Waals surface area contributed by atoms with Gasteiger partial charge >= 0.3 is 0 Å². The van der Waals surface area contributed by atoms with E-state index in [4.69, 9.17) is 4.74 Å². The highest BCUT2D eigenvalue weighted by atomic mass is 127. The normalized spacial score (nSPS) is 26.1. The predicted octanol–water partition coefficient (Wildman–Crippen LogP) is 2.92. The number of rotatable bonds is 6. The average molecular weight is 502 g/mol. The summed E-state index contributed by atoms with van der Waals surface area (Å²) in [6, 6.07) is 9.34. The van der Waals surface area contributed by atoms with Gasteiger partial charge in [0.05, 0.1) is 19.8 Å². The van der Waals surface area contributed by atoms with E-state index in [9.17, 15) is 5.11 Å². The lowest BCUT2D eigenvalue weighted by Gasteiger charge is -2.47. The van der Waals surface area contributed by atoms with Crippen molar-refractivity contribution < 1.29 is 9.84 Å². The van der Waals surface area contributed by atoms with Crippen molar-refractivity contribution in [3.63, 3.8) is 0 Å². The average Bonchev–Trinajstić information content (AvgIpc) is 2.67. The van der Waals surface area contributed by atoms with Crippen LogP contribution in [0.5, 0.6) is 5.75 Å². The highest BCUT2D eigenvalue weighted by Crippen LogP contribution is 2.32. The number of methoxy groups -OCH3 is 1. The monoisotopic (exact) mass is 502 g/mol. The van der Waals surface area contributed by atoms with Gasteiger partial charge in [-0.1, -0.05) is 18.6 Å². The zero-order chi connectivity index (χ0) is 19.2. The lowest BCUT2D eigenvalue weighted by molar-refractivity contribution is 0.0526. The van der Waals surface area contributed by atoms with Crippen LogP contribution < -0.4 is 15.4 Å². The number of hydrogen-bond donors (Lipinski definition) is 3. The molecule has 0 amide bonds. The second kappa shape index (κ2) is 11.2. The highest BCUT2D eigenvalue weighted by molar-refractivity contribution is 14.0. The van der Waals surface area contributed by atoms with E-state index in [0.717, 1.165) is 36.7 Å². The molecule has 2 aliphatic heterocycles. The number of piperidine rings is 2. The summed E-state index contributed by atoms with van der Waals surface area (Å²) in [5.41, 5.74) is 0.822. The first-order valence-electron chi connectivity index (χ1n) is 10.2. The van der Waals surface area contributed by atoms with Gasteiger partial charge in [-0.05, 0) is 57.4 Å². The lowest BCUT2D eigenvalue weighted by atomic mass is 9.82. The molecule has 1 aromatic carbocycles. The predicted molar refractivity (Wildman–Crippen MR) is 125 cm³/mol. The van der Waals surface area contributed by atoms with Crippen molar-refractivity contribution in [2.75, 3.05) is 27.2 Å². The van der Waals surface area contributed by atoms with Crippen LogP contribution in [0.15, 0.2) is 29.3 Å². The topological polar surface area (TPSA) is 69.1 Å². The molecule has 2 fully saturated rings. The number of aliphatic imine (C=N–C) groups is 1. The third-order valence-corrected chi connectivity index (χ3v) is 5.93. The van der Waals surface area contributed by atoms with E-state index in [1.54, 1.807) is 7.11 Å². The van der Waals surface area contributed by atoms with E-state index in [0.29, 0.717) is 24.7 Å². The van der Waals surface area contributed by atoms with Gasteiger partial charge in [-0.3, -0.25) is 4.99 Å². The molecule has 3 N–H and O–H groups in total. The van der Waals surface area contributed by atoms with E-state index < -0.39 is 6.10 Å². The molecule has 0 spiro atoms. The molecule has 2 aliphatic rings. The van der Waals surface area contributed by atoms with E-state index in [2.05, 4.69) is 34.5 Å². The Labute approximate surface area is 186 Å². The molecular formula is C21H35IN4O2. The van der Waals surface area contributed by atoms with Crippen molar-refractivity contribution in [3.05, 3.63) is 29.8 Å². The fraction of sp³-hybridized carbons (Fsp3) is 0.667. The second-order valence-electron chi connectivity index (χ2n) is 7.73. The zero-order valence-corrected chi connectivity index (χ0v) is 19.6. The van der Waals surface area contributed by atoms with Crippen molar-refractivity contribution in [1.29, 1.82) is 0 Å². The van der Waals surface area contributed by atoms with Gasteiger partial charge in [-0.15, -0.1) is 24.0 Å². The van der Waals surface area contributed by atoms with E-state index in [1.807, 2.05) is 24.3 Å². The molecule has 2 heterocycles. The summed E-state index contributed by atoms with van der Waals surface area (Å²) in [5, 5.41) is 17.4. The minimum absolute atomic E-state index is 0. The molecular weight excluding hydrogens is 467 g/mol. The Morgan fingerprint density at radius 2 is 2.04 bits per heavy atom. The van der Waals surface area contributed by atoms with Crippen LogP contribution in [0.25, 0.3) is 0 Å². The number of aliphatic hydroxyl groups excluding tert-OH is 1. The largest absolute Gasteiger partial charge is 0.497 e. The van der Waals surface area contributed by atoms with Gasteiger partial charge < -0.3 is 25.4 Å². The molecule has 7 heteroatoms. The van der Waals surface area contributed by atoms with Gasteiger partial charge in [-0.25, -0.2) is 0 Å². The third kappa shape index (κ3) is 5.97. The lowest BCUT2D eigenvalue weighted by Crippen LogP contribution is -2.56. The molecule has 2 saturated heterocycles. The van der Waals surface area contributed by atoms with Crippen LogP contribution in [0.1, 0.15) is 50.7 Å². The van der Waals surface area contributed by atoms with Gasteiger partial charge in [0.25, 0.3) is 0 Å². The molecule has 6 nitrogen and oxygen atoms in total. The molecule has 0 aliphatic carbocycles. The van der Waals surface area contributed by atoms with Crippen LogP contribution in [-0.2, 0) is 0 Å². The minimum atomic E-state index is -0.646. The summed E-state index contributed by atoms with van der Waals surface area (Å²) in [5.74, 6) is 1.55. The molecule has 2 bridgehead atoms. The maximum atomic E-state index is 10.5. The van der Waals surface area contributed by atoms with Crippen LogP contribution in [0.2, 0.25) is 0 Å². The van der Waals surface area contributed by atoms with Gasteiger partial charge in [0.2, 0.25) is 0 Å². The van der Waals surface area contributed by atoms with Crippen molar-refractivity contribution in [2.45, 2.75) is 63.3 Å². The van der Waals surface area contributed by atoms with Crippen LogP contribution in [0.3, 0.4) is 0 Å². The molecule has 1 aromatic rings. The Bertz CT molecular complexity index is 629. The Balaban J connectivity index is 0.00000280. The van der Waals surface area contributed by atoms with Crippen LogP contribution >= 0.6 is 24.0 Å². The van der Waals surface area contributed by atoms with Crippen molar-refractivity contribution in [2.24, 2.45) is 4.99 Å². The summed E-state index contributed by atoms with van der Waals surface area (Å²) in [4.78, 5) is 7.21. The first kappa shape index (κ1) is 23.2. The second-order valence-corrected chi connectivity index (χ2v) is 7.73. The minimum Gasteiger partial charge on any atom is -0.497 e. The van der Waals surface area contributed by atoms with Crippen molar-refractivity contribution in [3.8, 4) is 5.75 Å². The van der Waals surface area contributed by atoms with Crippen LogP contribution in [0, 0.1) is 0 Å². The fourth-order valence-corrected chi connectivity index (χ4v) is 4.38. The summed E-state index contributed by atoms with van der Waals surface area (Å²) in [6.07, 6.45) is 5.63. The number of aliphatic hydroxyl groups is 1. The van der Waals surface area contributed by atoms with Gasteiger partial charge in [0.15, 0.2) is 5.96 Å². The summed E-state index contributed by atoms with van der Waals surface area (Å²) in [7, 11) is 3.91. The van der Waals surface area contributed by atoms with Crippen LogP contribution in [0.4, 0.5) is 0 Å². The molecule has 0 radical (unpaired) electrons. The Morgan fingerprint density at radius 3 is 2.68 bits per heavy atom. The molecule has 3 atom stereocenters. The molecule has 0 saturated carbocycles. The zero-order valence-electron chi connectivity index (χ0n) is 17.2. The Kier molecular flexibility index (Phi) is 9.30. The van der Waals surface area contributed by atoms with Crippen LogP contribution in [-0.4, -0.2) is 61.3 Å². The Morgan fingerprint density at radius 1 is 1.32 bits per heavy atom. The maximum absolute atomic E-state index is 10.5. The first-order valence-corrected chi connectivity index (χ1v) is 10.2. The summed E-state index contributed by atoms with van der Waals surface area (Å²) in [6.45, 7) is 3.20. The van der Waals surface area contributed by atoms with Crippen molar-refractivity contribution >= 4 is 29.9 Å². The van der Waals surface area contributed by atoms with Crippen molar-refractivity contribution in [1.82, 2.24) is 15.5 Å². The fourth-order valence-electron chi connectivity index (χ4n) is 4.38. The smallest absolute Gasteiger partial charge is 0.191 e. The number of hydrogen-bond acceptors (Lipinski definition) is 4. The number of nitrogens with zero attached hydrogens (tertiary/aromatic N) is 2. The number of fused-ring (bicyclic) bond motifs is 2. The van der Waals surface area contributed by atoms with Gasteiger partial charge in [-0.2, -0.15) is 0 Å². The number of halogens is 1. The van der Waals surface area contributed by atoms with Gasteiger partial charge in [0, 0.05) is 24.7 Å². The standard InChI is InChI=1S/C21H34N4O2.HI/c1-4-22-21(23-14-20(26)15-7-5-10-19(11-15)27-3)24-16-12-17-8-6-9-18(13-16)25(17)2;/h5,7,10-11,16-18,20,26H,4,6,8-9,12-14H2,1-3H3,(H2,22,23,24);1H. The summed E-state index contributed by atoms with van der Waals surface area (Å²) >= 11 is 0.